The van der Waals surface area contributed by atoms with Crippen molar-refractivity contribution in [3.05, 3.63) is 0 Å². The Morgan fingerprint density at radius 2 is 0.689 bits per heavy atom. The Morgan fingerprint density at radius 1 is 0.444 bits per heavy atom. The quantitative estimate of drug-likeness (QED) is 0.0521. The SMILES string of the molecule is CCCCCCCCCCCCCCCCCCCCC(CCCCCCCCCCCCCCCC)C(=O)OCC(O)CO. The molecule has 0 saturated carbocycles. The van der Waals surface area contributed by atoms with E-state index in [0.29, 0.717) is 0 Å². The lowest BCUT2D eigenvalue weighted by Crippen LogP contribution is -2.25. The van der Waals surface area contributed by atoms with Gasteiger partial charge in [-0.1, -0.05) is 219 Å². The van der Waals surface area contributed by atoms with Crippen molar-refractivity contribution >= 4 is 5.97 Å². The van der Waals surface area contributed by atoms with Crippen LogP contribution >= 0.6 is 0 Å². The van der Waals surface area contributed by atoms with Crippen molar-refractivity contribution in [2.45, 2.75) is 238 Å². The van der Waals surface area contributed by atoms with Crippen LogP contribution in [0, 0.1) is 5.92 Å². The lowest BCUT2D eigenvalue weighted by molar-refractivity contribution is -0.152. The zero-order valence-electron chi connectivity index (χ0n) is 30.8. The average molecular weight is 639 g/mol. The van der Waals surface area contributed by atoms with Crippen molar-refractivity contribution < 1.29 is 19.7 Å². The van der Waals surface area contributed by atoms with Crippen molar-refractivity contribution in [2.75, 3.05) is 13.2 Å². The molecule has 0 heterocycles. The Balaban J connectivity index is 3.81. The summed E-state index contributed by atoms with van der Waals surface area (Å²) in [4.78, 5) is 12.7. The molecule has 0 aliphatic rings. The molecule has 0 spiro atoms. The lowest BCUT2D eigenvalue weighted by Gasteiger charge is -2.17. The van der Waals surface area contributed by atoms with E-state index in [4.69, 9.17) is 9.84 Å². The second-order valence-corrected chi connectivity index (χ2v) is 14.3. The molecule has 0 aromatic carbocycles. The van der Waals surface area contributed by atoms with E-state index in [1.54, 1.807) is 0 Å². The van der Waals surface area contributed by atoms with Crippen LogP contribution in [-0.2, 0) is 9.53 Å². The van der Waals surface area contributed by atoms with Crippen LogP contribution in [0.4, 0.5) is 0 Å². The molecule has 0 amide bonds. The van der Waals surface area contributed by atoms with Gasteiger partial charge in [0.25, 0.3) is 0 Å². The highest BCUT2D eigenvalue weighted by atomic mass is 16.5. The minimum absolute atomic E-state index is 0.0609. The highest BCUT2D eigenvalue weighted by Crippen LogP contribution is 2.22. The van der Waals surface area contributed by atoms with Gasteiger partial charge in [0.05, 0.1) is 12.5 Å². The average Bonchev–Trinajstić information content (AvgIpc) is 3.05. The second-order valence-electron chi connectivity index (χ2n) is 14.3. The van der Waals surface area contributed by atoms with Crippen molar-refractivity contribution in [1.29, 1.82) is 0 Å². The van der Waals surface area contributed by atoms with E-state index in [1.165, 1.54) is 193 Å². The third kappa shape index (κ3) is 34.5. The first kappa shape index (κ1) is 44.4. The number of rotatable bonds is 38. The molecule has 45 heavy (non-hydrogen) atoms. The molecule has 2 unspecified atom stereocenters. The molecule has 4 heteroatoms. The Bertz CT molecular complexity index is 566. The second kappa shape index (κ2) is 37.8. The fourth-order valence-electron chi connectivity index (χ4n) is 6.61. The van der Waals surface area contributed by atoms with Crippen molar-refractivity contribution in [3.63, 3.8) is 0 Å². The molecule has 0 bridgehead atoms. The van der Waals surface area contributed by atoms with Crippen LogP contribution in [0.3, 0.4) is 0 Å². The van der Waals surface area contributed by atoms with Crippen LogP contribution in [0.5, 0.6) is 0 Å². The maximum Gasteiger partial charge on any atom is 0.309 e. The monoisotopic (exact) mass is 639 g/mol. The van der Waals surface area contributed by atoms with Gasteiger partial charge >= 0.3 is 5.97 Å². The van der Waals surface area contributed by atoms with E-state index in [2.05, 4.69) is 13.8 Å². The largest absolute Gasteiger partial charge is 0.463 e. The molecule has 2 N–H and O–H groups in total. The number of esters is 1. The first-order chi connectivity index (χ1) is 22.2. The van der Waals surface area contributed by atoms with Crippen molar-refractivity contribution in [2.24, 2.45) is 5.92 Å². The van der Waals surface area contributed by atoms with Gasteiger partial charge in [-0.05, 0) is 12.8 Å². The maximum absolute atomic E-state index is 12.7. The molecule has 0 saturated heterocycles. The predicted octanol–water partition coefficient (Wildman–Crippen LogP) is 12.8. The Hall–Kier alpha value is -0.610. The number of ether oxygens (including phenoxy) is 1. The molecule has 0 aromatic heterocycles. The van der Waals surface area contributed by atoms with Gasteiger partial charge in [-0.3, -0.25) is 4.79 Å². The van der Waals surface area contributed by atoms with E-state index in [0.717, 1.165) is 25.7 Å². The molecule has 0 rings (SSSR count). The van der Waals surface area contributed by atoms with Crippen molar-refractivity contribution in [3.8, 4) is 0 Å². The van der Waals surface area contributed by atoms with Gasteiger partial charge in [-0.25, -0.2) is 0 Å². The molecule has 270 valence electrons. The van der Waals surface area contributed by atoms with E-state index >= 15 is 0 Å². The fourth-order valence-corrected chi connectivity index (χ4v) is 6.61. The summed E-state index contributed by atoms with van der Waals surface area (Å²) in [6.45, 7) is 4.11. The number of aliphatic hydroxyl groups is 2. The van der Waals surface area contributed by atoms with Crippen LogP contribution in [0.25, 0.3) is 0 Å². The lowest BCUT2D eigenvalue weighted by atomic mass is 9.94. The summed E-state index contributed by atoms with van der Waals surface area (Å²) in [5, 5.41) is 18.7. The van der Waals surface area contributed by atoms with Crippen LogP contribution < -0.4 is 0 Å². The highest BCUT2D eigenvalue weighted by molar-refractivity contribution is 5.72. The van der Waals surface area contributed by atoms with Gasteiger partial charge in [0.2, 0.25) is 0 Å². The summed E-state index contributed by atoms with van der Waals surface area (Å²) >= 11 is 0. The zero-order valence-corrected chi connectivity index (χ0v) is 30.8. The molecule has 2 atom stereocenters. The molecular formula is C41H82O4. The molecule has 0 aromatic rings. The number of aliphatic hydroxyl groups excluding tert-OH is 2. The van der Waals surface area contributed by atoms with E-state index in [-0.39, 0.29) is 25.1 Å². The number of carbonyl (C=O) groups excluding carboxylic acids is 1. The van der Waals surface area contributed by atoms with Crippen LogP contribution in [-0.4, -0.2) is 35.5 Å². The zero-order chi connectivity index (χ0) is 32.9. The van der Waals surface area contributed by atoms with Gasteiger partial charge in [0.15, 0.2) is 0 Å². The molecule has 0 radical (unpaired) electrons. The number of hydrogen-bond acceptors (Lipinski definition) is 4. The van der Waals surface area contributed by atoms with Crippen molar-refractivity contribution in [1.82, 2.24) is 0 Å². The van der Waals surface area contributed by atoms with E-state index < -0.39 is 6.10 Å². The number of unbranched alkanes of at least 4 members (excludes halogenated alkanes) is 30. The predicted molar refractivity (Wildman–Crippen MR) is 196 cm³/mol. The summed E-state index contributed by atoms with van der Waals surface area (Å²) in [5.41, 5.74) is 0. The fraction of sp³-hybridized carbons (Fsp3) is 0.976. The first-order valence-electron chi connectivity index (χ1n) is 20.6. The Kier molecular flexibility index (Phi) is 37.3. The molecular weight excluding hydrogens is 556 g/mol. The normalized spacial score (nSPS) is 12.9. The summed E-state index contributed by atoms with van der Waals surface area (Å²) in [5.74, 6) is -0.238. The minimum atomic E-state index is -0.972. The van der Waals surface area contributed by atoms with Crippen LogP contribution in [0.15, 0.2) is 0 Å². The van der Waals surface area contributed by atoms with E-state index in [1.807, 2.05) is 0 Å². The van der Waals surface area contributed by atoms with Crippen LogP contribution in [0.2, 0.25) is 0 Å². The summed E-state index contributed by atoms with van der Waals surface area (Å²) in [7, 11) is 0. The summed E-state index contributed by atoms with van der Waals surface area (Å²) < 4.78 is 5.37. The maximum atomic E-state index is 12.7. The third-order valence-electron chi connectivity index (χ3n) is 9.77. The standard InChI is InChI=1S/C41H82O4/c1-3-5-7-9-11-13-15-17-19-20-21-22-24-26-28-30-32-34-36-39(41(44)45-38-40(43)37-42)35-33-31-29-27-25-23-18-16-14-12-10-8-6-4-2/h39-40,42-43H,3-38H2,1-2H3. The van der Waals surface area contributed by atoms with E-state index in [9.17, 15) is 9.90 Å². The molecule has 0 aliphatic heterocycles. The summed E-state index contributed by atoms with van der Waals surface area (Å²) in [6, 6.07) is 0. The minimum Gasteiger partial charge on any atom is -0.463 e. The number of hydrogen-bond donors (Lipinski definition) is 2. The molecule has 4 nitrogen and oxygen atoms in total. The van der Waals surface area contributed by atoms with Gasteiger partial charge in [0, 0.05) is 0 Å². The third-order valence-corrected chi connectivity index (χ3v) is 9.77. The van der Waals surface area contributed by atoms with Gasteiger partial charge in [-0.2, -0.15) is 0 Å². The van der Waals surface area contributed by atoms with Gasteiger partial charge in [-0.15, -0.1) is 0 Å². The first-order valence-corrected chi connectivity index (χ1v) is 20.6. The Morgan fingerprint density at radius 3 is 0.933 bits per heavy atom. The topological polar surface area (TPSA) is 66.8 Å². The molecule has 0 aliphatic carbocycles. The van der Waals surface area contributed by atoms with Gasteiger partial charge in [0.1, 0.15) is 12.7 Å². The van der Waals surface area contributed by atoms with Crippen LogP contribution in [0.1, 0.15) is 232 Å². The highest BCUT2D eigenvalue weighted by Gasteiger charge is 2.20. The smallest absolute Gasteiger partial charge is 0.309 e. The molecule has 0 fully saturated rings. The number of carbonyl (C=O) groups is 1. The summed E-state index contributed by atoms with van der Waals surface area (Å²) in [6.07, 6.45) is 44.2. The van der Waals surface area contributed by atoms with Gasteiger partial charge < -0.3 is 14.9 Å². The Labute approximate surface area is 282 Å².